The van der Waals surface area contributed by atoms with Crippen LogP contribution in [-0.4, -0.2) is 32.9 Å². The van der Waals surface area contributed by atoms with Crippen molar-refractivity contribution in [1.82, 2.24) is 19.2 Å². The van der Waals surface area contributed by atoms with Crippen LogP contribution < -0.4 is 0 Å². The number of aromatic nitrogens is 4. The van der Waals surface area contributed by atoms with Gasteiger partial charge in [0.25, 0.3) is 0 Å². The molecule has 5 aromatic rings. The van der Waals surface area contributed by atoms with Crippen LogP contribution in [0, 0.1) is 0 Å². The number of halogens is 3. The van der Waals surface area contributed by atoms with Gasteiger partial charge in [0.1, 0.15) is 5.01 Å². The van der Waals surface area contributed by atoms with E-state index in [4.69, 9.17) is 4.74 Å². The van der Waals surface area contributed by atoms with Gasteiger partial charge in [0, 0.05) is 41.9 Å². The zero-order valence-corrected chi connectivity index (χ0v) is 17.2. The van der Waals surface area contributed by atoms with Crippen molar-refractivity contribution in [3.8, 4) is 21.8 Å². The highest BCUT2D eigenvalue weighted by Crippen LogP contribution is 2.35. The van der Waals surface area contributed by atoms with Gasteiger partial charge in [-0.3, -0.25) is 0 Å². The SMILES string of the molecule is COCCn1cc(-c2nn3cc(-c4ccc(C(F)(F)F)cc4)nc3s2)c2ccccc21. The molecule has 3 aromatic heterocycles. The molecule has 9 heteroatoms. The number of fused-ring (bicyclic) bond motifs is 2. The average molecular weight is 442 g/mol. The van der Waals surface area contributed by atoms with Crippen LogP contribution in [0.4, 0.5) is 13.2 Å². The molecule has 0 aliphatic carbocycles. The van der Waals surface area contributed by atoms with Crippen molar-refractivity contribution in [2.24, 2.45) is 0 Å². The topological polar surface area (TPSA) is 44.4 Å². The van der Waals surface area contributed by atoms with Crippen molar-refractivity contribution in [1.29, 1.82) is 0 Å². The molecule has 3 heterocycles. The summed E-state index contributed by atoms with van der Waals surface area (Å²) in [4.78, 5) is 5.25. The van der Waals surface area contributed by atoms with E-state index < -0.39 is 11.7 Å². The Morgan fingerprint density at radius 3 is 2.52 bits per heavy atom. The van der Waals surface area contributed by atoms with Crippen LogP contribution in [0.3, 0.4) is 0 Å². The molecule has 0 spiro atoms. The van der Waals surface area contributed by atoms with Crippen LogP contribution in [0.5, 0.6) is 0 Å². The van der Waals surface area contributed by atoms with Gasteiger partial charge in [-0.25, -0.2) is 9.50 Å². The van der Waals surface area contributed by atoms with E-state index in [9.17, 15) is 13.2 Å². The van der Waals surface area contributed by atoms with Crippen LogP contribution in [0.25, 0.3) is 37.7 Å². The third-order valence-electron chi connectivity index (χ3n) is 5.11. The summed E-state index contributed by atoms with van der Waals surface area (Å²) in [5.41, 5.74) is 2.64. The molecule has 0 bridgehead atoms. The van der Waals surface area contributed by atoms with E-state index in [1.165, 1.54) is 23.5 Å². The van der Waals surface area contributed by atoms with E-state index in [1.54, 1.807) is 17.8 Å². The lowest BCUT2D eigenvalue weighted by atomic mass is 10.1. The Hall–Kier alpha value is -3.17. The maximum atomic E-state index is 12.8. The number of hydrogen-bond donors (Lipinski definition) is 0. The number of imidazole rings is 1. The lowest BCUT2D eigenvalue weighted by molar-refractivity contribution is -0.137. The van der Waals surface area contributed by atoms with Crippen molar-refractivity contribution >= 4 is 27.2 Å². The van der Waals surface area contributed by atoms with E-state index >= 15 is 0 Å². The number of nitrogens with zero attached hydrogens (tertiary/aromatic N) is 4. The van der Waals surface area contributed by atoms with Crippen molar-refractivity contribution < 1.29 is 17.9 Å². The molecule has 0 fully saturated rings. The molecule has 5 rings (SSSR count). The smallest absolute Gasteiger partial charge is 0.383 e. The number of rotatable bonds is 5. The van der Waals surface area contributed by atoms with Crippen LogP contribution in [0.1, 0.15) is 5.56 Å². The van der Waals surface area contributed by atoms with Crippen LogP contribution in [-0.2, 0) is 17.5 Å². The maximum Gasteiger partial charge on any atom is 0.416 e. The standard InChI is InChI=1S/C22H17F3N4OS/c1-30-11-10-28-12-17(16-4-2-3-5-19(16)28)20-27-29-13-18(26-21(29)31-20)14-6-8-15(9-7-14)22(23,24)25/h2-9,12-13H,10-11H2,1H3. The minimum absolute atomic E-state index is 0.585. The number of hydrogen-bond acceptors (Lipinski definition) is 4. The summed E-state index contributed by atoms with van der Waals surface area (Å²) >= 11 is 1.44. The zero-order valence-electron chi connectivity index (χ0n) is 16.4. The van der Waals surface area contributed by atoms with Crippen molar-refractivity contribution in [3.63, 3.8) is 0 Å². The highest BCUT2D eigenvalue weighted by molar-refractivity contribution is 7.20. The number of methoxy groups -OCH3 is 1. The third-order valence-corrected chi connectivity index (χ3v) is 6.06. The normalized spacial score (nSPS) is 12.3. The summed E-state index contributed by atoms with van der Waals surface area (Å²) in [5, 5.41) is 6.60. The maximum absolute atomic E-state index is 12.8. The molecule has 0 saturated carbocycles. The highest BCUT2D eigenvalue weighted by atomic mass is 32.1. The minimum atomic E-state index is -4.36. The average Bonchev–Trinajstić information content (AvgIpc) is 3.43. The van der Waals surface area contributed by atoms with E-state index in [2.05, 4.69) is 33.0 Å². The van der Waals surface area contributed by atoms with Gasteiger partial charge in [0.05, 0.1) is 24.1 Å². The first-order chi connectivity index (χ1) is 14.9. The van der Waals surface area contributed by atoms with Crippen LogP contribution in [0.15, 0.2) is 60.9 Å². The van der Waals surface area contributed by atoms with Gasteiger partial charge in [-0.1, -0.05) is 41.7 Å². The monoisotopic (exact) mass is 442 g/mol. The van der Waals surface area contributed by atoms with Gasteiger partial charge in [-0.15, -0.1) is 0 Å². The molecule has 158 valence electrons. The van der Waals surface area contributed by atoms with E-state index in [-0.39, 0.29) is 0 Å². The first-order valence-electron chi connectivity index (χ1n) is 9.55. The van der Waals surface area contributed by atoms with E-state index in [0.717, 1.165) is 40.2 Å². The summed E-state index contributed by atoms with van der Waals surface area (Å²) in [6.45, 7) is 1.34. The largest absolute Gasteiger partial charge is 0.416 e. The summed E-state index contributed by atoms with van der Waals surface area (Å²) in [6.07, 6.45) is -0.549. The molecule has 0 N–H and O–H groups in total. The molecule has 0 aliphatic heterocycles. The highest BCUT2D eigenvalue weighted by Gasteiger charge is 2.30. The fourth-order valence-corrected chi connectivity index (χ4v) is 4.48. The number of alkyl halides is 3. The minimum Gasteiger partial charge on any atom is -0.383 e. The molecule has 0 saturated heterocycles. The third kappa shape index (κ3) is 3.60. The number of ether oxygens (including phenoxy) is 1. The zero-order chi connectivity index (χ0) is 21.6. The first kappa shape index (κ1) is 19.8. The quantitative estimate of drug-likeness (QED) is 0.348. The van der Waals surface area contributed by atoms with Crippen LogP contribution in [0.2, 0.25) is 0 Å². The fraction of sp³-hybridized carbons (Fsp3) is 0.182. The predicted molar refractivity (Wildman–Crippen MR) is 114 cm³/mol. The van der Waals surface area contributed by atoms with Gasteiger partial charge in [0.15, 0.2) is 0 Å². The second-order valence-electron chi connectivity index (χ2n) is 7.08. The number of para-hydroxylation sites is 1. The molecule has 5 nitrogen and oxygen atoms in total. The lowest BCUT2D eigenvalue weighted by Crippen LogP contribution is -2.03. The Labute approximate surface area is 179 Å². The summed E-state index contributed by atoms with van der Waals surface area (Å²) in [7, 11) is 1.68. The van der Waals surface area contributed by atoms with Gasteiger partial charge < -0.3 is 9.30 Å². The summed E-state index contributed by atoms with van der Waals surface area (Å²) < 4.78 is 47.4. The number of benzene rings is 2. The Morgan fingerprint density at radius 2 is 1.81 bits per heavy atom. The second kappa shape index (κ2) is 7.51. The summed E-state index contributed by atoms with van der Waals surface area (Å²) in [5.74, 6) is 0. The van der Waals surface area contributed by atoms with Gasteiger partial charge in [-0.2, -0.15) is 18.3 Å². The molecule has 0 amide bonds. The van der Waals surface area contributed by atoms with Gasteiger partial charge >= 0.3 is 6.18 Å². The summed E-state index contributed by atoms with van der Waals surface area (Å²) in [6, 6.07) is 13.1. The van der Waals surface area contributed by atoms with Gasteiger partial charge in [-0.05, 0) is 18.2 Å². The molecule has 0 atom stereocenters. The van der Waals surface area contributed by atoms with Crippen molar-refractivity contribution in [2.45, 2.75) is 12.7 Å². The Bertz CT molecular complexity index is 1330. The van der Waals surface area contributed by atoms with E-state index in [0.29, 0.717) is 22.8 Å². The Kier molecular flexibility index (Phi) is 4.79. The lowest BCUT2D eigenvalue weighted by Gasteiger charge is -2.06. The Balaban J connectivity index is 1.50. The first-order valence-corrected chi connectivity index (χ1v) is 10.4. The van der Waals surface area contributed by atoms with Crippen molar-refractivity contribution in [2.75, 3.05) is 13.7 Å². The molecular weight excluding hydrogens is 425 g/mol. The molecule has 0 aliphatic rings. The van der Waals surface area contributed by atoms with Crippen LogP contribution >= 0.6 is 11.3 Å². The second-order valence-corrected chi connectivity index (χ2v) is 8.04. The molecule has 0 radical (unpaired) electrons. The molecule has 31 heavy (non-hydrogen) atoms. The van der Waals surface area contributed by atoms with E-state index in [1.807, 2.05) is 12.1 Å². The van der Waals surface area contributed by atoms with Gasteiger partial charge in [0.2, 0.25) is 4.96 Å². The predicted octanol–water partition coefficient (Wildman–Crippen LogP) is 5.74. The fourth-order valence-electron chi connectivity index (χ4n) is 3.57. The molecule has 0 unspecified atom stereocenters. The Morgan fingerprint density at radius 1 is 1.03 bits per heavy atom. The van der Waals surface area contributed by atoms with Crippen molar-refractivity contribution in [3.05, 3.63) is 66.5 Å². The molecule has 2 aromatic carbocycles. The molecular formula is C22H17F3N4OS.